The summed E-state index contributed by atoms with van der Waals surface area (Å²) in [6.07, 6.45) is 0. The molecule has 1 heterocycles. The summed E-state index contributed by atoms with van der Waals surface area (Å²) >= 11 is 5.98. The van der Waals surface area contributed by atoms with Gasteiger partial charge in [-0.15, -0.1) is 0 Å². The highest BCUT2D eigenvalue weighted by molar-refractivity contribution is 7.89. The Morgan fingerprint density at radius 2 is 2.00 bits per heavy atom. The Morgan fingerprint density at radius 1 is 1.35 bits per heavy atom. The monoisotopic (exact) mass is 398 g/mol. The van der Waals surface area contributed by atoms with Gasteiger partial charge in [-0.05, 0) is 38.5 Å². The van der Waals surface area contributed by atoms with Crippen molar-refractivity contribution in [1.29, 1.82) is 0 Å². The van der Waals surface area contributed by atoms with Gasteiger partial charge in [0.15, 0.2) is 0 Å². The number of carbonyl (C=O) groups excluding carboxylic acids is 1. The number of aryl methyl sites for hydroxylation is 1. The Kier molecular flexibility index (Phi) is 6.10. The third kappa shape index (κ3) is 4.25. The molecule has 0 saturated heterocycles. The van der Waals surface area contributed by atoms with Crippen LogP contribution in [0.25, 0.3) is 0 Å². The minimum atomic E-state index is -3.62. The van der Waals surface area contributed by atoms with Gasteiger partial charge in [-0.25, -0.2) is 12.7 Å². The second kappa shape index (κ2) is 7.77. The van der Waals surface area contributed by atoms with Crippen molar-refractivity contribution in [2.75, 3.05) is 14.1 Å². The fourth-order valence-corrected chi connectivity index (χ4v) is 4.13. The maximum atomic E-state index is 12.4. The second-order valence-electron chi connectivity index (χ2n) is 6.29. The summed E-state index contributed by atoms with van der Waals surface area (Å²) in [5.41, 5.74) is 1.68. The van der Waals surface area contributed by atoms with E-state index in [0.717, 1.165) is 9.87 Å². The molecule has 1 atom stereocenters. The molecule has 1 aromatic carbocycles. The van der Waals surface area contributed by atoms with Crippen LogP contribution in [0.4, 0.5) is 0 Å². The normalized spacial score (nSPS) is 13.0. The number of nitrogens with one attached hydrogen (secondary N) is 1. The van der Waals surface area contributed by atoms with Gasteiger partial charge in [0.05, 0.1) is 17.4 Å². The van der Waals surface area contributed by atoms with Crippen LogP contribution in [0.1, 0.15) is 29.9 Å². The van der Waals surface area contributed by atoms with Crippen molar-refractivity contribution in [3.63, 3.8) is 0 Å². The molecule has 7 nitrogen and oxygen atoms in total. The largest absolute Gasteiger partial charge is 0.348 e. The van der Waals surface area contributed by atoms with E-state index in [2.05, 4.69) is 10.4 Å². The minimum Gasteiger partial charge on any atom is -0.348 e. The Labute approximate surface area is 159 Å². The fourth-order valence-electron chi connectivity index (χ4n) is 2.67. The predicted octanol–water partition coefficient (Wildman–Crippen LogP) is 2.28. The lowest BCUT2D eigenvalue weighted by atomic mass is 10.1. The van der Waals surface area contributed by atoms with Crippen LogP contribution in [0.3, 0.4) is 0 Å². The van der Waals surface area contributed by atoms with Crippen LogP contribution in [0.15, 0.2) is 29.2 Å². The molecule has 2 rings (SSSR count). The quantitative estimate of drug-likeness (QED) is 0.809. The van der Waals surface area contributed by atoms with Crippen LogP contribution < -0.4 is 5.32 Å². The van der Waals surface area contributed by atoms with Crippen molar-refractivity contribution >= 4 is 27.5 Å². The molecule has 142 valence electrons. The first-order valence-corrected chi connectivity index (χ1v) is 9.87. The summed E-state index contributed by atoms with van der Waals surface area (Å²) in [5, 5.41) is 7.69. The average Bonchev–Trinajstić information content (AvgIpc) is 2.81. The molecule has 1 aromatic heterocycles. The van der Waals surface area contributed by atoms with Gasteiger partial charge in [0.25, 0.3) is 0 Å². The van der Waals surface area contributed by atoms with Crippen molar-refractivity contribution in [2.45, 2.75) is 38.3 Å². The zero-order valence-corrected chi connectivity index (χ0v) is 17.0. The minimum absolute atomic E-state index is 0.0689. The van der Waals surface area contributed by atoms with Crippen LogP contribution in [0.5, 0.6) is 0 Å². The summed E-state index contributed by atoms with van der Waals surface area (Å²) in [6, 6.07) is 7.02. The molecule has 1 unspecified atom stereocenters. The zero-order chi connectivity index (χ0) is 19.6. The van der Waals surface area contributed by atoms with Crippen LogP contribution >= 0.6 is 11.6 Å². The number of hydrogen-bond donors (Lipinski definition) is 1. The fraction of sp³-hybridized carbons (Fsp3) is 0.412. The summed E-state index contributed by atoms with van der Waals surface area (Å²) in [4.78, 5) is 12.5. The van der Waals surface area contributed by atoms with Gasteiger partial charge in [-0.1, -0.05) is 23.7 Å². The van der Waals surface area contributed by atoms with E-state index in [-0.39, 0.29) is 23.4 Å². The van der Waals surface area contributed by atoms with Crippen molar-refractivity contribution in [3.05, 3.63) is 46.2 Å². The average molecular weight is 399 g/mol. The van der Waals surface area contributed by atoms with Gasteiger partial charge in [0.1, 0.15) is 11.4 Å². The second-order valence-corrected chi connectivity index (χ2v) is 8.81. The number of sulfonamides is 1. The summed E-state index contributed by atoms with van der Waals surface area (Å²) in [5.74, 6) is -0.267. The maximum Gasteiger partial charge on any atom is 0.246 e. The summed E-state index contributed by atoms with van der Waals surface area (Å²) < 4.78 is 27.4. The van der Waals surface area contributed by atoms with Gasteiger partial charge in [-0.3, -0.25) is 9.48 Å². The number of amides is 1. The molecule has 26 heavy (non-hydrogen) atoms. The number of halogens is 1. The predicted molar refractivity (Wildman–Crippen MR) is 101 cm³/mol. The number of benzene rings is 1. The van der Waals surface area contributed by atoms with E-state index in [4.69, 9.17) is 11.6 Å². The molecular formula is C17H23ClN4O3S. The van der Waals surface area contributed by atoms with Crippen molar-refractivity contribution < 1.29 is 13.2 Å². The first-order chi connectivity index (χ1) is 12.0. The molecule has 1 amide bonds. The maximum absolute atomic E-state index is 12.4. The molecule has 0 aliphatic rings. The van der Waals surface area contributed by atoms with Gasteiger partial charge in [0, 0.05) is 19.1 Å². The number of hydrogen-bond acceptors (Lipinski definition) is 4. The molecule has 0 radical (unpaired) electrons. The van der Waals surface area contributed by atoms with E-state index in [1.165, 1.54) is 18.8 Å². The van der Waals surface area contributed by atoms with Gasteiger partial charge in [-0.2, -0.15) is 5.10 Å². The van der Waals surface area contributed by atoms with Crippen molar-refractivity contribution in [3.8, 4) is 0 Å². The Balaban J connectivity index is 2.18. The van der Waals surface area contributed by atoms with Crippen molar-refractivity contribution in [1.82, 2.24) is 19.4 Å². The molecular weight excluding hydrogens is 376 g/mol. The molecule has 0 aliphatic carbocycles. The number of nitrogens with zero attached hydrogens (tertiary/aromatic N) is 3. The van der Waals surface area contributed by atoms with E-state index in [1.807, 2.05) is 19.1 Å². The van der Waals surface area contributed by atoms with Gasteiger partial charge >= 0.3 is 0 Å². The Bertz CT molecular complexity index is 922. The van der Waals surface area contributed by atoms with Crippen LogP contribution in [0, 0.1) is 13.8 Å². The number of aromatic nitrogens is 2. The first kappa shape index (κ1) is 20.4. The van der Waals surface area contributed by atoms with Crippen LogP contribution in [0.2, 0.25) is 5.02 Å². The molecule has 0 aliphatic heterocycles. The van der Waals surface area contributed by atoms with E-state index in [0.29, 0.717) is 16.4 Å². The molecule has 9 heteroatoms. The van der Waals surface area contributed by atoms with Gasteiger partial charge < -0.3 is 5.32 Å². The van der Waals surface area contributed by atoms with Crippen LogP contribution in [-0.4, -0.2) is 42.5 Å². The van der Waals surface area contributed by atoms with E-state index in [9.17, 15) is 13.2 Å². The SMILES string of the molecule is Cc1nn(CC(=O)NC(C)c2cccc(Cl)c2)c(C)c1S(=O)(=O)N(C)C. The van der Waals surface area contributed by atoms with Crippen molar-refractivity contribution in [2.24, 2.45) is 0 Å². The Morgan fingerprint density at radius 3 is 2.58 bits per heavy atom. The summed E-state index contributed by atoms with van der Waals surface area (Å²) in [6.45, 7) is 5.05. The number of carbonyl (C=O) groups is 1. The lowest BCUT2D eigenvalue weighted by Crippen LogP contribution is -2.31. The standard InChI is InChI=1S/C17H23ClN4O3S/c1-11(14-7-6-8-15(18)9-14)19-16(23)10-22-13(3)17(12(2)20-22)26(24,25)21(4)5/h6-9,11H,10H2,1-5H3,(H,19,23). The van der Waals surface area contributed by atoms with E-state index in [1.54, 1.807) is 26.0 Å². The zero-order valence-electron chi connectivity index (χ0n) is 15.4. The molecule has 0 bridgehead atoms. The number of rotatable bonds is 6. The topological polar surface area (TPSA) is 84.3 Å². The highest BCUT2D eigenvalue weighted by Gasteiger charge is 2.27. The molecule has 0 saturated carbocycles. The van der Waals surface area contributed by atoms with Crippen LogP contribution in [-0.2, 0) is 21.4 Å². The molecule has 0 spiro atoms. The van der Waals surface area contributed by atoms with Gasteiger partial charge in [0.2, 0.25) is 15.9 Å². The first-order valence-electron chi connectivity index (χ1n) is 8.05. The van der Waals surface area contributed by atoms with E-state index < -0.39 is 10.0 Å². The smallest absolute Gasteiger partial charge is 0.246 e. The highest BCUT2D eigenvalue weighted by atomic mass is 35.5. The molecule has 2 aromatic rings. The molecule has 1 N–H and O–H groups in total. The van der Waals surface area contributed by atoms with E-state index >= 15 is 0 Å². The third-order valence-corrected chi connectivity index (χ3v) is 6.38. The highest BCUT2D eigenvalue weighted by Crippen LogP contribution is 2.22. The summed E-state index contributed by atoms with van der Waals surface area (Å²) in [7, 11) is -0.694. The lowest BCUT2D eigenvalue weighted by Gasteiger charge is -2.15. The molecule has 0 fully saturated rings. The lowest BCUT2D eigenvalue weighted by molar-refractivity contribution is -0.122. The third-order valence-electron chi connectivity index (χ3n) is 4.07. The Hall–Kier alpha value is -1.90.